The van der Waals surface area contributed by atoms with Crippen molar-refractivity contribution in [2.45, 2.75) is 33.3 Å². The fraction of sp³-hybridized carbons (Fsp3) is 0.353. The molecule has 0 saturated carbocycles. The van der Waals surface area contributed by atoms with Crippen molar-refractivity contribution in [1.29, 1.82) is 0 Å². The first kappa shape index (κ1) is 19.4. The second-order valence-corrected chi connectivity index (χ2v) is 5.50. The van der Waals surface area contributed by atoms with Gasteiger partial charge in [-0.2, -0.15) is 8.78 Å². The molecule has 0 bridgehead atoms. The minimum absolute atomic E-state index is 0.0190. The fourth-order valence-electron chi connectivity index (χ4n) is 2.93. The number of nitrogens with one attached hydrogen (secondary N) is 1. The summed E-state index contributed by atoms with van der Waals surface area (Å²) in [4.78, 5) is 23.5. The third kappa shape index (κ3) is 3.81. The van der Waals surface area contributed by atoms with E-state index in [1.165, 1.54) is 31.2 Å². The van der Waals surface area contributed by atoms with Crippen LogP contribution in [0.1, 0.15) is 32.3 Å². The number of ether oxygens (including phenoxy) is 2. The van der Waals surface area contributed by atoms with Gasteiger partial charge in [-0.05, 0) is 26.8 Å². The number of carbonyl (C=O) groups is 1. The molecule has 1 N–H and O–H groups in total. The molecule has 0 saturated heterocycles. The maximum Gasteiger partial charge on any atom is 0.387 e. The van der Waals surface area contributed by atoms with E-state index in [0.29, 0.717) is 5.70 Å². The average Bonchev–Trinajstić information content (AvgIpc) is 2.53. The van der Waals surface area contributed by atoms with E-state index in [9.17, 15) is 23.7 Å². The SMILES string of the molecule is CCOC(=O)C1=C(C)NC(C)=C([N+](=O)[O-])C1c1ccccc1OC(F)F. The van der Waals surface area contributed by atoms with Gasteiger partial charge in [0.05, 0.1) is 22.8 Å². The van der Waals surface area contributed by atoms with E-state index in [0.717, 1.165) is 0 Å². The van der Waals surface area contributed by atoms with E-state index in [-0.39, 0.29) is 34.9 Å². The molecule has 26 heavy (non-hydrogen) atoms. The Morgan fingerprint density at radius 1 is 1.31 bits per heavy atom. The number of para-hydroxylation sites is 1. The molecule has 0 amide bonds. The topological polar surface area (TPSA) is 90.7 Å². The summed E-state index contributed by atoms with van der Waals surface area (Å²) in [6.07, 6.45) is 0. The molecule has 7 nitrogen and oxygen atoms in total. The molecule has 9 heteroatoms. The molecule has 0 aliphatic carbocycles. The summed E-state index contributed by atoms with van der Waals surface area (Å²) in [6.45, 7) is 1.60. The number of dihydropyridines is 1. The van der Waals surface area contributed by atoms with Crippen LogP contribution in [0.3, 0.4) is 0 Å². The van der Waals surface area contributed by atoms with E-state index >= 15 is 0 Å². The second kappa shape index (κ2) is 7.94. The summed E-state index contributed by atoms with van der Waals surface area (Å²) in [6, 6.07) is 5.68. The van der Waals surface area contributed by atoms with Crippen LogP contribution in [-0.4, -0.2) is 24.1 Å². The van der Waals surface area contributed by atoms with Crippen molar-refractivity contribution < 1.29 is 28.0 Å². The Morgan fingerprint density at radius 2 is 1.96 bits per heavy atom. The van der Waals surface area contributed by atoms with Gasteiger partial charge in [0.2, 0.25) is 0 Å². The van der Waals surface area contributed by atoms with Gasteiger partial charge >= 0.3 is 12.6 Å². The molecular weight excluding hydrogens is 350 g/mol. The summed E-state index contributed by atoms with van der Waals surface area (Å²) >= 11 is 0. The quantitative estimate of drug-likeness (QED) is 0.471. The molecule has 0 fully saturated rings. The van der Waals surface area contributed by atoms with Crippen molar-refractivity contribution in [1.82, 2.24) is 5.32 Å². The van der Waals surface area contributed by atoms with Crippen LogP contribution in [0.4, 0.5) is 8.78 Å². The minimum atomic E-state index is -3.11. The zero-order valence-corrected chi connectivity index (χ0v) is 14.4. The number of esters is 1. The van der Waals surface area contributed by atoms with Gasteiger partial charge in [-0.25, -0.2) is 4.79 Å². The van der Waals surface area contributed by atoms with Crippen molar-refractivity contribution >= 4 is 5.97 Å². The number of rotatable bonds is 6. The number of hydrogen-bond donors (Lipinski definition) is 1. The Kier molecular flexibility index (Phi) is 5.91. The highest BCUT2D eigenvalue weighted by atomic mass is 19.3. The zero-order valence-electron chi connectivity index (χ0n) is 14.4. The number of nitro groups is 1. The van der Waals surface area contributed by atoms with Gasteiger partial charge in [0, 0.05) is 11.3 Å². The number of alkyl halides is 2. The summed E-state index contributed by atoms with van der Waals surface area (Å²) in [7, 11) is 0. The first-order chi connectivity index (χ1) is 12.3. The Bertz CT molecular complexity index is 789. The number of halogens is 2. The lowest BCUT2D eigenvalue weighted by Gasteiger charge is -2.27. The van der Waals surface area contributed by atoms with Gasteiger partial charge in [-0.1, -0.05) is 18.2 Å². The van der Waals surface area contributed by atoms with E-state index in [4.69, 9.17) is 4.74 Å². The minimum Gasteiger partial charge on any atom is -0.463 e. The van der Waals surface area contributed by atoms with Crippen molar-refractivity contribution in [3.63, 3.8) is 0 Å². The number of benzene rings is 1. The van der Waals surface area contributed by atoms with Crippen LogP contribution in [0.5, 0.6) is 5.75 Å². The van der Waals surface area contributed by atoms with Crippen molar-refractivity contribution in [2.24, 2.45) is 0 Å². The molecule has 1 aliphatic heterocycles. The van der Waals surface area contributed by atoms with Gasteiger partial charge in [-0.15, -0.1) is 0 Å². The third-order valence-electron chi connectivity index (χ3n) is 3.86. The van der Waals surface area contributed by atoms with E-state index in [1.54, 1.807) is 13.8 Å². The Hall–Kier alpha value is -2.97. The highest BCUT2D eigenvalue weighted by molar-refractivity contribution is 5.92. The highest BCUT2D eigenvalue weighted by Crippen LogP contribution is 2.42. The molecule has 1 aliphatic rings. The molecule has 2 rings (SSSR count). The molecule has 0 radical (unpaired) electrons. The monoisotopic (exact) mass is 368 g/mol. The first-order valence-electron chi connectivity index (χ1n) is 7.81. The fourth-order valence-corrected chi connectivity index (χ4v) is 2.93. The van der Waals surface area contributed by atoms with Crippen LogP contribution >= 0.6 is 0 Å². The predicted octanol–water partition coefficient (Wildman–Crippen LogP) is 3.32. The molecule has 1 unspecified atom stereocenters. The van der Waals surface area contributed by atoms with Crippen molar-refractivity contribution in [3.05, 3.63) is 62.6 Å². The lowest BCUT2D eigenvalue weighted by molar-refractivity contribution is -0.431. The number of nitrogens with zero attached hydrogens (tertiary/aromatic N) is 1. The van der Waals surface area contributed by atoms with Gasteiger partial charge in [-0.3, -0.25) is 10.1 Å². The van der Waals surface area contributed by atoms with Gasteiger partial charge in [0.25, 0.3) is 5.70 Å². The Balaban J connectivity index is 2.70. The van der Waals surface area contributed by atoms with E-state index < -0.39 is 23.4 Å². The summed E-state index contributed by atoms with van der Waals surface area (Å²) < 4.78 is 35.1. The summed E-state index contributed by atoms with van der Waals surface area (Å²) in [5.41, 5.74) is 0.294. The van der Waals surface area contributed by atoms with Crippen molar-refractivity contribution in [2.75, 3.05) is 6.61 Å². The number of carbonyl (C=O) groups excluding carboxylic acids is 1. The predicted molar refractivity (Wildman–Crippen MR) is 88.0 cm³/mol. The largest absolute Gasteiger partial charge is 0.463 e. The second-order valence-electron chi connectivity index (χ2n) is 5.50. The van der Waals surface area contributed by atoms with Crippen LogP contribution in [0.2, 0.25) is 0 Å². The molecule has 0 spiro atoms. The molecule has 0 aromatic heterocycles. The molecule has 140 valence electrons. The standard InChI is InChI=1S/C17H18F2N2O5/c1-4-25-16(22)13-9(2)20-10(3)15(21(23)24)14(13)11-7-5-6-8-12(11)26-17(18)19/h5-8,14,17,20H,4H2,1-3H3. The Labute approximate surface area is 148 Å². The van der Waals surface area contributed by atoms with E-state index in [1.807, 2.05) is 0 Å². The van der Waals surface area contributed by atoms with Crippen molar-refractivity contribution in [3.8, 4) is 5.75 Å². The molecule has 1 aromatic rings. The lowest BCUT2D eigenvalue weighted by atomic mass is 9.83. The molecule has 1 atom stereocenters. The molecular formula is C17H18F2N2O5. The van der Waals surface area contributed by atoms with E-state index in [2.05, 4.69) is 10.1 Å². The Morgan fingerprint density at radius 3 is 2.54 bits per heavy atom. The summed E-state index contributed by atoms with van der Waals surface area (Å²) in [5.74, 6) is -2.21. The first-order valence-corrected chi connectivity index (χ1v) is 7.81. The van der Waals surface area contributed by atoms with Gasteiger partial charge in [0.15, 0.2) is 0 Å². The van der Waals surface area contributed by atoms with Crippen LogP contribution in [0, 0.1) is 10.1 Å². The normalized spacial score (nSPS) is 17.2. The van der Waals surface area contributed by atoms with Gasteiger partial charge in [0.1, 0.15) is 11.7 Å². The third-order valence-corrected chi connectivity index (χ3v) is 3.86. The average molecular weight is 368 g/mol. The summed E-state index contributed by atoms with van der Waals surface area (Å²) in [5, 5.41) is 14.4. The zero-order chi connectivity index (χ0) is 19.4. The maximum absolute atomic E-state index is 12.8. The number of allylic oxidation sites excluding steroid dienone is 3. The van der Waals surface area contributed by atoms with Gasteiger partial charge < -0.3 is 14.8 Å². The molecule has 1 aromatic carbocycles. The van der Waals surface area contributed by atoms with Crippen LogP contribution in [0.25, 0.3) is 0 Å². The van der Waals surface area contributed by atoms with Crippen LogP contribution in [-0.2, 0) is 9.53 Å². The molecule has 1 heterocycles. The van der Waals surface area contributed by atoms with Crippen LogP contribution in [0.15, 0.2) is 46.9 Å². The maximum atomic E-state index is 12.8. The van der Waals surface area contributed by atoms with Crippen LogP contribution < -0.4 is 10.1 Å². The number of hydrogen-bond acceptors (Lipinski definition) is 6. The highest BCUT2D eigenvalue weighted by Gasteiger charge is 2.42. The lowest BCUT2D eigenvalue weighted by Crippen LogP contribution is -2.32. The smallest absolute Gasteiger partial charge is 0.387 e.